The first kappa shape index (κ1) is 14.4. The monoisotopic (exact) mass is 288 g/mol. The van der Waals surface area contributed by atoms with Gasteiger partial charge in [-0.2, -0.15) is 0 Å². The van der Waals surface area contributed by atoms with E-state index in [9.17, 15) is 4.79 Å². The van der Waals surface area contributed by atoms with Crippen LogP contribution in [0.25, 0.3) is 0 Å². The number of benzene rings is 2. The summed E-state index contributed by atoms with van der Waals surface area (Å²) in [6.45, 7) is 3.19. The Bertz CT molecular complexity index is 599. The van der Waals surface area contributed by atoms with E-state index in [1.54, 1.807) is 6.07 Å². The SMILES string of the molecule is CCNC(=O)c1cccc(NCc2cccc(Cl)c2)c1. The molecule has 0 aliphatic carbocycles. The molecule has 0 aliphatic heterocycles. The summed E-state index contributed by atoms with van der Waals surface area (Å²) in [4.78, 5) is 11.8. The normalized spacial score (nSPS) is 10.1. The molecule has 0 aromatic heterocycles. The molecule has 2 aromatic carbocycles. The minimum Gasteiger partial charge on any atom is -0.381 e. The largest absolute Gasteiger partial charge is 0.381 e. The molecule has 2 N–H and O–H groups in total. The Morgan fingerprint density at radius 1 is 1.15 bits per heavy atom. The summed E-state index contributed by atoms with van der Waals surface area (Å²) in [5.41, 5.74) is 2.66. The van der Waals surface area contributed by atoms with Gasteiger partial charge in [0, 0.05) is 29.4 Å². The van der Waals surface area contributed by atoms with Crippen molar-refractivity contribution in [3.8, 4) is 0 Å². The molecule has 0 aliphatic rings. The maximum atomic E-state index is 11.8. The van der Waals surface area contributed by atoms with Gasteiger partial charge in [0.25, 0.3) is 5.91 Å². The molecular weight excluding hydrogens is 272 g/mol. The van der Waals surface area contributed by atoms with E-state index in [1.165, 1.54) is 0 Å². The molecule has 1 amide bonds. The van der Waals surface area contributed by atoms with Gasteiger partial charge >= 0.3 is 0 Å². The van der Waals surface area contributed by atoms with E-state index >= 15 is 0 Å². The smallest absolute Gasteiger partial charge is 0.251 e. The van der Waals surface area contributed by atoms with Crippen LogP contribution in [0.1, 0.15) is 22.8 Å². The molecule has 0 unspecified atom stereocenters. The Morgan fingerprint density at radius 2 is 1.95 bits per heavy atom. The van der Waals surface area contributed by atoms with Crippen molar-refractivity contribution in [2.75, 3.05) is 11.9 Å². The molecule has 0 saturated heterocycles. The second kappa shape index (κ2) is 6.96. The number of carbonyl (C=O) groups excluding carboxylic acids is 1. The zero-order valence-corrected chi connectivity index (χ0v) is 12.1. The fourth-order valence-electron chi connectivity index (χ4n) is 1.88. The zero-order valence-electron chi connectivity index (χ0n) is 11.3. The lowest BCUT2D eigenvalue weighted by Crippen LogP contribution is -2.22. The van der Waals surface area contributed by atoms with Crippen LogP contribution in [-0.2, 0) is 6.54 Å². The third-order valence-electron chi connectivity index (χ3n) is 2.85. The molecule has 0 fully saturated rings. The molecule has 0 spiro atoms. The number of anilines is 1. The number of carbonyl (C=O) groups is 1. The molecule has 3 nitrogen and oxygen atoms in total. The number of hydrogen-bond donors (Lipinski definition) is 2. The van der Waals surface area contributed by atoms with Crippen LogP contribution in [0.4, 0.5) is 5.69 Å². The van der Waals surface area contributed by atoms with Gasteiger partial charge in [-0.05, 0) is 42.8 Å². The molecule has 104 valence electrons. The number of amides is 1. The van der Waals surface area contributed by atoms with Crippen LogP contribution in [0.5, 0.6) is 0 Å². The summed E-state index contributed by atoms with van der Waals surface area (Å²) in [7, 11) is 0. The molecule has 20 heavy (non-hydrogen) atoms. The van der Waals surface area contributed by atoms with E-state index in [2.05, 4.69) is 10.6 Å². The van der Waals surface area contributed by atoms with Gasteiger partial charge in [0.05, 0.1) is 0 Å². The van der Waals surface area contributed by atoms with Crippen molar-refractivity contribution in [1.29, 1.82) is 0 Å². The Labute approximate surface area is 124 Å². The van der Waals surface area contributed by atoms with E-state index in [1.807, 2.05) is 49.4 Å². The zero-order chi connectivity index (χ0) is 14.4. The van der Waals surface area contributed by atoms with Gasteiger partial charge in [-0.3, -0.25) is 4.79 Å². The molecule has 2 rings (SSSR count). The van der Waals surface area contributed by atoms with Crippen molar-refractivity contribution in [3.63, 3.8) is 0 Å². The van der Waals surface area contributed by atoms with Gasteiger partial charge in [0.2, 0.25) is 0 Å². The number of rotatable bonds is 5. The predicted octanol–water partition coefficient (Wildman–Crippen LogP) is 3.70. The minimum absolute atomic E-state index is 0.0566. The van der Waals surface area contributed by atoms with Crippen molar-refractivity contribution in [2.24, 2.45) is 0 Å². The summed E-state index contributed by atoms with van der Waals surface area (Å²) in [6.07, 6.45) is 0. The number of nitrogens with one attached hydrogen (secondary N) is 2. The summed E-state index contributed by atoms with van der Waals surface area (Å²) in [6, 6.07) is 15.1. The molecule has 4 heteroatoms. The highest BCUT2D eigenvalue weighted by molar-refractivity contribution is 6.30. The van der Waals surface area contributed by atoms with E-state index in [0.29, 0.717) is 18.7 Å². The predicted molar refractivity (Wildman–Crippen MR) is 83.2 cm³/mol. The van der Waals surface area contributed by atoms with Crippen LogP contribution in [0.3, 0.4) is 0 Å². The average Bonchev–Trinajstić information content (AvgIpc) is 2.46. The van der Waals surface area contributed by atoms with Crippen LogP contribution in [0, 0.1) is 0 Å². The minimum atomic E-state index is -0.0566. The van der Waals surface area contributed by atoms with Gasteiger partial charge < -0.3 is 10.6 Å². The lowest BCUT2D eigenvalue weighted by atomic mass is 10.1. The Morgan fingerprint density at radius 3 is 2.70 bits per heavy atom. The first-order valence-electron chi connectivity index (χ1n) is 6.55. The Balaban J connectivity index is 2.03. The molecule has 0 atom stereocenters. The maximum Gasteiger partial charge on any atom is 0.251 e. The first-order valence-corrected chi connectivity index (χ1v) is 6.93. The Hall–Kier alpha value is -2.00. The highest BCUT2D eigenvalue weighted by Gasteiger charge is 2.04. The third kappa shape index (κ3) is 4.00. The lowest BCUT2D eigenvalue weighted by molar-refractivity contribution is 0.0956. The molecule has 0 bridgehead atoms. The van der Waals surface area contributed by atoms with E-state index < -0.39 is 0 Å². The summed E-state index contributed by atoms with van der Waals surface area (Å²) in [5, 5.41) is 6.80. The van der Waals surface area contributed by atoms with Crippen LogP contribution < -0.4 is 10.6 Å². The van der Waals surface area contributed by atoms with E-state index in [0.717, 1.165) is 16.3 Å². The summed E-state index contributed by atoms with van der Waals surface area (Å²) in [5.74, 6) is -0.0566. The van der Waals surface area contributed by atoms with E-state index in [-0.39, 0.29) is 5.91 Å². The van der Waals surface area contributed by atoms with Crippen molar-refractivity contribution in [1.82, 2.24) is 5.32 Å². The fourth-order valence-corrected chi connectivity index (χ4v) is 2.10. The standard InChI is InChI=1S/C16H17ClN2O/c1-2-18-16(20)13-6-4-8-15(10-13)19-11-12-5-3-7-14(17)9-12/h3-10,19H,2,11H2,1H3,(H,18,20). The summed E-state index contributed by atoms with van der Waals surface area (Å²) < 4.78 is 0. The summed E-state index contributed by atoms with van der Waals surface area (Å²) >= 11 is 5.95. The molecule has 2 aromatic rings. The van der Waals surface area contributed by atoms with Crippen LogP contribution in [0.15, 0.2) is 48.5 Å². The van der Waals surface area contributed by atoms with Crippen molar-refractivity contribution >= 4 is 23.2 Å². The van der Waals surface area contributed by atoms with Gasteiger partial charge in [0.1, 0.15) is 0 Å². The molecule has 0 saturated carbocycles. The van der Waals surface area contributed by atoms with Gasteiger partial charge in [-0.15, -0.1) is 0 Å². The first-order chi connectivity index (χ1) is 9.69. The second-order valence-corrected chi connectivity index (χ2v) is 4.86. The lowest BCUT2D eigenvalue weighted by Gasteiger charge is -2.09. The van der Waals surface area contributed by atoms with Crippen molar-refractivity contribution in [2.45, 2.75) is 13.5 Å². The molecular formula is C16H17ClN2O. The number of halogens is 1. The maximum absolute atomic E-state index is 11.8. The fraction of sp³-hybridized carbons (Fsp3) is 0.188. The van der Waals surface area contributed by atoms with Crippen LogP contribution in [0.2, 0.25) is 5.02 Å². The number of hydrogen-bond acceptors (Lipinski definition) is 2. The van der Waals surface area contributed by atoms with Crippen LogP contribution in [-0.4, -0.2) is 12.5 Å². The second-order valence-electron chi connectivity index (χ2n) is 4.42. The Kier molecular flexibility index (Phi) is 5.02. The third-order valence-corrected chi connectivity index (χ3v) is 3.08. The topological polar surface area (TPSA) is 41.1 Å². The van der Waals surface area contributed by atoms with Gasteiger partial charge in [-0.1, -0.05) is 29.8 Å². The highest BCUT2D eigenvalue weighted by Crippen LogP contribution is 2.14. The quantitative estimate of drug-likeness (QED) is 0.881. The van der Waals surface area contributed by atoms with Gasteiger partial charge in [-0.25, -0.2) is 0 Å². The average molecular weight is 289 g/mol. The van der Waals surface area contributed by atoms with Crippen molar-refractivity contribution in [3.05, 3.63) is 64.7 Å². The molecule has 0 radical (unpaired) electrons. The van der Waals surface area contributed by atoms with Gasteiger partial charge in [0.15, 0.2) is 0 Å². The van der Waals surface area contributed by atoms with Crippen molar-refractivity contribution < 1.29 is 4.79 Å². The van der Waals surface area contributed by atoms with Crippen LogP contribution >= 0.6 is 11.6 Å². The van der Waals surface area contributed by atoms with E-state index in [4.69, 9.17) is 11.6 Å². The molecule has 0 heterocycles. The highest BCUT2D eigenvalue weighted by atomic mass is 35.5.